The molecule has 3 aromatic rings. The molecule has 0 spiro atoms. The van der Waals surface area contributed by atoms with E-state index in [-0.39, 0.29) is 23.2 Å². The average Bonchev–Trinajstić information content (AvgIpc) is 3.54. The van der Waals surface area contributed by atoms with Gasteiger partial charge < -0.3 is 5.32 Å². The molecule has 37 heavy (non-hydrogen) atoms. The summed E-state index contributed by atoms with van der Waals surface area (Å²) in [4.78, 5) is 16.8. The van der Waals surface area contributed by atoms with E-state index in [2.05, 4.69) is 45.6 Å². The number of nitrogens with one attached hydrogen (secondary N) is 1. The third-order valence-electron chi connectivity index (χ3n) is 7.91. The number of halogens is 3. The summed E-state index contributed by atoms with van der Waals surface area (Å²) in [6, 6.07) is 15.2. The first-order chi connectivity index (χ1) is 17.7. The molecule has 1 saturated heterocycles. The molecule has 2 aliphatic rings. The van der Waals surface area contributed by atoms with Gasteiger partial charge in [-0.3, -0.25) is 14.4 Å². The molecule has 3 heterocycles. The van der Waals surface area contributed by atoms with Gasteiger partial charge in [-0.2, -0.15) is 18.3 Å². The van der Waals surface area contributed by atoms with Crippen molar-refractivity contribution in [2.75, 3.05) is 13.1 Å². The second-order valence-corrected chi connectivity index (χ2v) is 11.5. The highest BCUT2D eigenvalue weighted by molar-refractivity contribution is 7.17. The van der Waals surface area contributed by atoms with Crippen molar-refractivity contribution in [1.82, 2.24) is 20.0 Å². The number of alkyl halides is 3. The van der Waals surface area contributed by atoms with Crippen molar-refractivity contribution in [3.63, 3.8) is 0 Å². The lowest BCUT2D eigenvalue weighted by Gasteiger charge is -2.50. The number of carbonyl (C=O) groups is 1. The average molecular weight is 531 g/mol. The van der Waals surface area contributed by atoms with Crippen LogP contribution in [0, 0.1) is 0 Å². The maximum atomic E-state index is 13.1. The van der Waals surface area contributed by atoms with Crippen molar-refractivity contribution < 1.29 is 18.0 Å². The molecular weight excluding hydrogens is 497 g/mol. The number of nitrogens with zero attached hydrogens (tertiary/aromatic N) is 3. The molecule has 5 nitrogen and oxygen atoms in total. The van der Waals surface area contributed by atoms with Crippen LogP contribution in [0.1, 0.15) is 65.9 Å². The first-order valence-corrected chi connectivity index (χ1v) is 13.9. The second kappa shape index (κ2) is 10.6. The van der Waals surface area contributed by atoms with Gasteiger partial charge in [0.05, 0.1) is 9.75 Å². The molecule has 0 bridgehead atoms. The third-order valence-corrected chi connectivity index (χ3v) is 9.01. The van der Waals surface area contributed by atoms with Crippen molar-refractivity contribution in [1.29, 1.82) is 0 Å². The van der Waals surface area contributed by atoms with Crippen LogP contribution in [0.2, 0.25) is 0 Å². The molecule has 1 N–H and O–H groups in total. The SMILES string of the molecule is Cn1nc(-c2ccc(C(=O)NC3CCC(Cc4ccccc4)(N4CCCCC4)CC3)s2)cc1C(F)(F)F. The Morgan fingerprint density at radius 2 is 1.78 bits per heavy atom. The number of hydrogen-bond acceptors (Lipinski definition) is 4. The van der Waals surface area contributed by atoms with Gasteiger partial charge in [-0.05, 0) is 81.8 Å². The largest absolute Gasteiger partial charge is 0.433 e. The smallest absolute Gasteiger partial charge is 0.349 e. The molecule has 0 radical (unpaired) electrons. The summed E-state index contributed by atoms with van der Waals surface area (Å²) in [6.45, 7) is 2.29. The summed E-state index contributed by atoms with van der Waals surface area (Å²) in [7, 11) is 1.28. The molecule has 9 heteroatoms. The highest BCUT2D eigenvalue weighted by atomic mass is 32.1. The number of carbonyl (C=O) groups excluding carboxylic acids is 1. The quantitative estimate of drug-likeness (QED) is 0.407. The summed E-state index contributed by atoms with van der Waals surface area (Å²) in [5.41, 5.74) is 0.916. The highest BCUT2D eigenvalue weighted by Crippen LogP contribution is 2.39. The van der Waals surface area contributed by atoms with Crippen molar-refractivity contribution in [3.05, 3.63) is 64.7 Å². The van der Waals surface area contributed by atoms with Gasteiger partial charge in [-0.25, -0.2) is 0 Å². The molecule has 1 aliphatic heterocycles. The minimum atomic E-state index is -4.47. The van der Waals surface area contributed by atoms with Crippen LogP contribution < -0.4 is 5.32 Å². The number of piperidine rings is 1. The summed E-state index contributed by atoms with van der Waals surface area (Å²) in [6.07, 6.45) is 4.28. The summed E-state index contributed by atoms with van der Waals surface area (Å²) >= 11 is 1.18. The Hall–Kier alpha value is -2.65. The van der Waals surface area contributed by atoms with E-state index in [1.807, 2.05) is 0 Å². The summed E-state index contributed by atoms with van der Waals surface area (Å²) < 4.78 is 40.3. The molecule has 2 fully saturated rings. The topological polar surface area (TPSA) is 50.2 Å². The van der Waals surface area contributed by atoms with Crippen molar-refractivity contribution >= 4 is 17.2 Å². The maximum absolute atomic E-state index is 13.1. The lowest BCUT2D eigenvalue weighted by molar-refractivity contribution is -0.143. The van der Waals surface area contributed by atoms with E-state index in [9.17, 15) is 18.0 Å². The fourth-order valence-corrected chi connectivity index (χ4v) is 6.82. The first-order valence-electron chi connectivity index (χ1n) is 13.0. The van der Waals surface area contributed by atoms with Gasteiger partial charge >= 0.3 is 6.18 Å². The Balaban J connectivity index is 1.24. The lowest BCUT2D eigenvalue weighted by Crippen LogP contribution is -2.56. The van der Waals surface area contributed by atoms with Crippen molar-refractivity contribution in [2.45, 2.75) is 69.1 Å². The minimum Gasteiger partial charge on any atom is -0.349 e. The number of likely N-dealkylation sites (tertiary alicyclic amines) is 1. The van der Waals surface area contributed by atoms with E-state index in [0.717, 1.165) is 55.9 Å². The molecule has 198 valence electrons. The Kier molecular flexibility index (Phi) is 7.45. The Bertz CT molecular complexity index is 1210. The fourth-order valence-electron chi connectivity index (χ4n) is 5.96. The predicted molar refractivity (Wildman–Crippen MR) is 140 cm³/mol. The number of thiophene rings is 1. The second-order valence-electron chi connectivity index (χ2n) is 10.4. The number of rotatable bonds is 6. The Morgan fingerprint density at radius 1 is 1.08 bits per heavy atom. The molecule has 0 atom stereocenters. The number of hydrogen-bond donors (Lipinski definition) is 1. The molecule has 2 aromatic heterocycles. The number of benzene rings is 1. The van der Waals surface area contributed by atoms with E-state index in [0.29, 0.717) is 9.75 Å². The molecule has 1 amide bonds. The summed E-state index contributed by atoms with van der Waals surface area (Å²) in [5, 5.41) is 7.19. The zero-order valence-electron chi connectivity index (χ0n) is 21.1. The lowest BCUT2D eigenvalue weighted by atomic mass is 9.73. The van der Waals surface area contributed by atoms with Crippen molar-refractivity contribution in [2.24, 2.45) is 7.05 Å². The van der Waals surface area contributed by atoms with E-state index in [4.69, 9.17) is 0 Å². The van der Waals surface area contributed by atoms with Crippen molar-refractivity contribution in [3.8, 4) is 10.6 Å². The minimum absolute atomic E-state index is 0.0958. The molecule has 1 aliphatic carbocycles. The van der Waals surface area contributed by atoms with Crippen LogP contribution in [-0.2, 0) is 19.6 Å². The van der Waals surface area contributed by atoms with Gasteiger partial charge in [-0.15, -0.1) is 11.3 Å². The highest BCUT2D eigenvalue weighted by Gasteiger charge is 2.41. The third kappa shape index (κ3) is 5.77. The molecule has 5 rings (SSSR count). The number of amides is 1. The van der Waals surface area contributed by atoms with Gasteiger partial charge in [0.15, 0.2) is 0 Å². The van der Waals surface area contributed by atoms with Gasteiger partial charge in [0, 0.05) is 18.6 Å². The van der Waals surface area contributed by atoms with Gasteiger partial charge in [0.25, 0.3) is 5.91 Å². The summed E-state index contributed by atoms with van der Waals surface area (Å²) in [5.74, 6) is -0.165. The van der Waals surface area contributed by atoms with Crippen LogP contribution in [0.3, 0.4) is 0 Å². The van der Waals surface area contributed by atoms with Gasteiger partial charge in [0.2, 0.25) is 0 Å². The van der Waals surface area contributed by atoms with E-state index in [1.165, 1.54) is 43.2 Å². The Morgan fingerprint density at radius 3 is 2.43 bits per heavy atom. The van der Waals surface area contributed by atoms with Crippen LogP contribution in [0.15, 0.2) is 48.5 Å². The monoisotopic (exact) mass is 530 g/mol. The molecule has 0 unspecified atom stereocenters. The van der Waals surface area contributed by atoms with E-state index < -0.39 is 11.9 Å². The zero-order chi connectivity index (χ0) is 26.0. The van der Waals surface area contributed by atoms with E-state index >= 15 is 0 Å². The van der Waals surface area contributed by atoms with Crippen LogP contribution in [0.4, 0.5) is 13.2 Å². The zero-order valence-corrected chi connectivity index (χ0v) is 21.9. The standard InChI is InChI=1S/C28H33F3N4OS/c1-34-25(28(29,30)31)18-22(33-34)23-10-11-24(37-23)26(36)32-21-12-14-27(15-13-21,35-16-6-3-7-17-35)19-20-8-4-2-5-9-20/h2,4-5,8-11,18,21H,3,6-7,12-17,19H2,1H3,(H,32,36). The number of aromatic nitrogens is 2. The van der Waals surface area contributed by atoms with Crippen LogP contribution in [0.5, 0.6) is 0 Å². The van der Waals surface area contributed by atoms with Crippen LogP contribution in [-0.4, -0.2) is 45.3 Å². The molecule has 1 saturated carbocycles. The van der Waals surface area contributed by atoms with Crippen LogP contribution >= 0.6 is 11.3 Å². The fraction of sp³-hybridized carbons (Fsp3) is 0.500. The molecular formula is C28H33F3N4OS. The normalized spacial score (nSPS) is 23.2. The predicted octanol–water partition coefficient (Wildman–Crippen LogP) is 6.31. The van der Waals surface area contributed by atoms with Crippen LogP contribution in [0.25, 0.3) is 10.6 Å². The number of aryl methyl sites for hydroxylation is 1. The Labute approximate surface area is 219 Å². The maximum Gasteiger partial charge on any atom is 0.433 e. The van der Waals surface area contributed by atoms with Gasteiger partial charge in [0.1, 0.15) is 11.4 Å². The first kappa shape index (κ1) is 26.0. The molecule has 1 aromatic carbocycles. The van der Waals surface area contributed by atoms with E-state index in [1.54, 1.807) is 12.1 Å². The van der Waals surface area contributed by atoms with Gasteiger partial charge in [-0.1, -0.05) is 36.8 Å².